The van der Waals surface area contributed by atoms with Gasteiger partial charge in [0.1, 0.15) is 0 Å². The number of fused-ring (bicyclic) bond motifs is 1. The third-order valence-electron chi connectivity index (χ3n) is 3.53. The van der Waals surface area contributed by atoms with Crippen LogP contribution in [0.1, 0.15) is 13.3 Å². The van der Waals surface area contributed by atoms with E-state index < -0.39 is 0 Å². The molecule has 3 rings (SSSR count). The molecule has 1 atom stereocenters. The number of para-hydroxylation sites is 1. The molecule has 1 aromatic carbocycles. The molecule has 1 aromatic heterocycles. The van der Waals surface area contributed by atoms with Crippen molar-refractivity contribution in [1.29, 1.82) is 0 Å². The quantitative estimate of drug-likeness (QED) is 0.831. The fraction of sp³-hybridized carbons (Fsp3) is 0.400. The highest BCUT2D eigenvalue weighted by Crippen LogP contribution is 2.20. The summed E-state index contributed by atoms with van der Waals surface area (Å²) in [5.74, 6) is 0. The van der Waals surface area contributed by atoms with Gasteiger partial charge in [0.05, 0.1) is 17.4 Å². The molecule has 0 bridgehead atoms. The summed E-state index contributed by atoms with van der Waals surface area (Å²) in [6.45, 7) is 5.52. The fourth-order valence-corrected chi connectivity index (χ4v) is 2.57. The van der Waals surface area contributed by atoms with E-state index in [0.29, 0.717) is 6.04 Å². The minimum Gasteiger partial charge on any atom is -0.369 e. The molecule has 1 fully saturated rings. The second-order valence-corrected chi connectivity index (χ2v) is 5.04. The van der Waals surface area contributed by atoms with Crippen molar-refractivity contribution >= 4 is 16.6 Å². The number of benzene rings is 1. The van der Waals surface area contributed by atoms with Crippen molar-refractivity contribution in [2.75, 3.05) is 24.5 Å². The Labute approximate surface area is 108 Å². The maximum Gasteiger partial charge on any atom is 0.0703 e. The third-order valence-corrected chi connectivity index (χ3v) is 3.53. The standard InChI is InChI=1S/C15H19N3/c1-12-11-18(8-4-7-16-12)14-9-13-5-2-3-6-15(13)17-10-14/h2-3,5-6,9-10,12,16H,4,7-8,11H2,1H3. The Balaban J connectivity index is 1.92. The Morgan fingerprint density at radius 1 is 1.33 bits per heavy atom. The molecule has 0 saturated carbocycles. The number of rotatable bonds is 1. The largest absolute Gasteiger partial charge is 0.369 e. The number of nitrogens with one attached hydrogen (secondary N) is 1. The van der Waals surface area contributed by atoms with Crippen LogP contribution in [0.5, 0.6) is 0 Å². The zero-order valence-corrected chi connectivity index (χ0v) is 10.8. The van der Waals surface area contributed by atoms with Crippen LogP contribution in [0.25, 0.3) is 10.9 Å². The number of pyridine rings is 1. The summed E-state index contributed by atoms with van der Waals surface area (Å²) in [6.07, 6.45) is 3.19. The summed E-state index contributed by atoms with van der Waals surface area (Å²) < 4.78 is 0. The number of hydrogen-bond donors (Lipinski definition) is 1. The summed E-state index contributed by atoms with van der Waals surface area (Å²) in [7, 11) is 0. The van der Waals surface area contributed by atoms with Crippen molar-refractivity contribution in [3.05, 3.63) is 36.5 Å². The van der Waals surface area contributed by atoms with Gasteiger partial charge in [-0.2, -0.15) is 0 Å². The zero-order valence-electron chi connectivity index (χ0n) is 10.8. The van der Waals surface area contributed by atoms with Crippen molar-refractivity contribution in [1.82, 2.24) is 10.3 Å². The molecule has 1 aliphatic rings. The lowest BCUT2D eigenvalue weighted by Gasteiger charge is -2.24. The van der Waals surface area contributed by atoms with Gasteiger partial charge in [0.15, 0.2) is 0 Å². The average molecular weight is 241 g/mol. The van der Waals surface area contributed by atoms with E-state index in [1.807, 2.05) is 12.3 Å². The molecule has 1 aliphatic heterocycles. The number of anilines is 1. The lowest BCUT2D eigenvalue weighted by Crippen LogP contribution is -2.35. The first-order chi connectivity index (χ1) is 8.83. The van der Waals surface area contributed by atoms with Gasteiger partial charge in [-0.3, -0.25) is 4.98 Å². The molecule has 3 heteroatoms. The van der Waals surface area contributed by atoms with Gasteiger partial charge in [-0.1, -0.05) is 18.2 Å². The normalized spacial score (nSPS) is 20.9. The Morgan fingerprint density at radius 3 is 3.17 bits per heavy atom. The van der Waals surface area contributed by atoms with Crippen LogP contribution in [0, 0.1) is 0 Å². The zero-order chi connectivity index (χ0) is 12.4. The predicted octanol–water partition coefficient (Wildman–Crippen LogP) is 2.42. The maximum atomic E-state index is 4.55. The van der Waals surface area contributed by atoms with Gasteiger partial charge < -0.3 is 10.2 Å². The highest BCUT2D eigenvalue weighted by atomic mass is 15.2. The van der Waals surface area contributed by atoms with Crippen molar-refractivity contribution < 1.29 is 0 Å². The van der Waals surface area contributed by atoms with Gasteiger partial charge in [-0.05, 0) is 32.0 Å². The van der Waals surface area contributed by atoms with Crippen molar-refractivity contribution in [3.63, 3.8) is 0 Å². The van der Waals surface area contributed by atoms with Crippen LogP contribution in [-0.2, 0) is 0 Å². The van der Waals surface area contributed by atoms with Gasteiger partial charge in [0.25, 0.3) is 0 Å². The predicted molar refractivity (Wildman–Crippen MR) is 76.0 cm³/mol. The molecule has 0 amide bonds. The van der Waals surface area contributed by atoms with E-state index in [1.165, 1.54) is 17.5 Å². The number of hydrogen-bond acceptors (Lipinski definition) is 3. The van der Waals surface area contributed by atoms with Crippen molar-refractivity contribution in [3.8, 4) is 0 Å². The van der Waals surface area contributed by atoms with E-state index in [2.05, 4.69) is 46.4 Å². The van der Waals surface area contributed by atoms with Crippen LogP contribution in [0.3, 0.4) is 0 Å². The minimum absolute atomic E-state index is 0.541. The molecule has 1 saturated heterocycles. The molecule has 0 spiro atoms. The Morgan fingerprint density at radius 2 is 2.22 bits per heavy atom. The molecule has 3 nitrogen and oxygen atoms in total. The summed E-state index contributed by atoms with van der Waals surface area (Å²) in [4.78, 5) is 6.98. The van der Waals surface area contributed by atoms with Gasteiger partial charge in [0.2, 0.25) is 0 Å². The van der Waals surface area contributed by atoms with Crippen LogP contribution < -0.4 is 10.2 Å². The molecule has 1 N–H and O–H groups in total. The lowest BCUT2D eigenvalue weighted by molar-refractivity contribution is 0.585. The van der Waals surface area contributed by atoms with Crippen molar-refractivity contribution in [2.24, 2.45) is 0 Å². The Hall–Kier alpha value is -1.61. The Kier molecular flexibility index (Phi) is 3.15. The second kappa shape index (κ2) is 4.94. The highest BCUT2D eigenvalue weighted by Gasteiger charge is 2.14. The summed E-state index contributed by atoms with van der Waals surface area (Å²) >= 11 is 0. The van der Waals surface area contributed by atoms with E-state index in [1.54, 1.807) is 0 Å². The first kappa shape index (κ1) is 11.5. The van der Waals surface area contributed by atoms with Gasteiger partial charge in [-0.25, -0.2) is 0 Å². The van der Waals surface area contributed by atoms with Crippen LogP contribution in [0.4, 0.5) is 5.69 Å². The van der Waals surface area contributed by atoms with Gasteiger partial charge in [-0.15, -0.1) is 0 Å². The number of nitrogens with zero attached hydrogens (tertiary/aromatic N) is 2. The van der Waals surface area contributed by atoms with Crippen LogP contribution in [0.15, 0.2) is 36.5 Å². The molecule has 0 radical (unpaired) electrons. The summed E-state index contributed by atoms with van der Waals surface area (Å²) in [5, 5.41) is 4.74. The topological polar surface area (TPSA) is 28.2 Å². The minimum atomic E-state index is 0.541. The molecular weight excluding hydrogens is 222 g/mol. The molecule has 18 heavy (non-hydrogen) atoms. The highest BCUT2D eigenvalue weighted by molar-refractivity contribution is 5.81. The summed E-state index contributed by atoms with van der Waals surface area (Å²) in [6, 6.07) is 11.1. The van der Waals surface area contributed by atoms with Crippen molar-refractivity contribution in [2.45, 2.75) is 19.4 Å². The average Bonchev–Trinajstić information content (AvgIpc) is 2.63. The molecular formula is C15H19N3. The molecule has 2 heterocycles. The smallest absolute Gasteiger partial charge is 0.0703 e. The monoisotopic (exact) mass is 241 g/mol. The van der Waals surface area contributed by atoms with Gasteiger partial charge in [0, 0.05) is 24.5 Å². The van der Waals surface area contributed by atoms with Crippen LogP contribution >= 0.6 is 0 Å². The van der Waals surface area contributed by atoms with E-state index in [0.717, 1.165) is 25.2 Å². The summed E-state index contributed by atoms with van der Waals surface area (Å²) in [5.41, 5.74) is 2.31. The Bertz CT molecular complexity index is 538. The molecule has 2 aromatic rings. The fourth-order valence-electron chi connectivity index (χ4n) is 2.57. The van der Waals surface area contributed by atoms with E-state index in [-0.39, 0.29) is 0 Å². The lowest BCUT2D eigenvalue weighted by atomic mass is 10.2. The molecule has 0 aliphatic carbocycles. The molecule has 94 valence electrons. The van der Waals surface area contributed by atoms with E-state index in [4.69, 9.17) is 0 Å². The number of aromatic nitrogens is 1. The first-order valence-electron chi connectivity index (χ1n) is 6.66. The van der Waals surface area contributed by atoms with Crippen LogP contribution in [0.2, 0.25) is 0 Å². The van der Waals surface area contributed by atoms with E-state index >= 15 is 0 Å². The second-order valence-electron chi connectivity index (χ2n) is 5.04. The van der Waals surface area contributed by atoms with Gasteiger partial charge >= 0.3 is 0 Å². The maximum absolute atomic E-state index is 4.55. The van der Waals surface area contributed by atoms with Crippen LogP contribution in [-0.4, -0.2) is 30.7 Å². The first-order valence-corrected chi connectivity index (χ1v) is 6.66. The SMILES string of the molecule is CC1CN(c2cnc3ccccc3c2)CCCN1. The van der Waals surface area contributed by atoms with E-state index in [9.17, 15) is 0 Å². The molecule has 1 unspecified atom stereocenters. The third kappa shape index (κ3) is 2.31.